The van der Waals surface area contributed by atoms with Crippen LogP contribution in [-0.4, -0.2) is 17.0 Å². The van der Waals surface area contributed by atoms with Crippen LogP contribution in [0.3, 0.4) is 0 Å². The number of benzene rings is 2. The molecule has 0 radical (unpaired) electrons. The Morgan fingerprint density at radius 3 is 2.48 bits per heavy atom. The van der Waals surface area contributed by atoms with Crippen LogP contribution in [0.4, 0.5) is 10.1 Å². The van der Waals surface area contributed by atoms with Crippen molar-refractivity contribution in [3.63, 3.8) is 0 Å². The highest BCUT2D eigenvalue weighted by atomic mass is 19.1. The predicted molar refractivity (Wildman–Crippen MR) is 80.1 cm³/mol. The van der Waals surface area contributed by atoms with Gasteiger partial charge in [0.1, 0.15) is 11.3 Å². The van der Waals surface area contributed by atoms with Crippen LogP contribution in [0.2, 0.25) is 0 Å². The molecule has 120 valence electrons. The molecular formula is C16H14FNO5. The first-order valence-electron chi connectivity index (χ1n) is 6.80. The topological polar surface area (TPSA) is 78.7 Å². The molecule has 0 spiro atoms. The first kappa shape index (κ1) is 16.4. The molecule has 0 N–H and O–H groups in total. The molecule has 0 atom stereocenters. The van der Waals surface area contributed by atoms with Crippen molar-refractivity contribution < 1.29 is 23.6 Å². The number of para-hydroxylation sites is 1. The van der Waals surface area contributed by atoms with E-state index in [1.165, 1.54) is 12.1 Å². The first-order chi connectivity index (χ1) is 10.9. The van der Waals surface area contributed by atoms with Gasteiger partial charge in [0.15, 0.2) is 11.6 Å². The molecule has 0 fully saturated rings. The highest BCUT2D eigenvalue weighted by Gasteiger charge is 2.18. The average molecular weight is 319 g/mol. The zero-order chi connectivity index (χ0) is 17.0. The molecule has 0 aliphatic carbocycles. The maximum Gasteiger partial charge on any atom is 0.342 e. The number of carbonyl (C=O) groups is 1. The van der Waals surface area contributed by atoms with Gasteiger partial charge in [-0.2, -0.15) is 0 Å². The molecule has 0 aliphatic heterocycles. The lowest BCUT2D eigenvalue weighted by atomic mass is 10.2. The fraction of sp³-hybridized carbons (Fsp3) is 0.188. The van der Waals surface area contributed by atoms with E-state index >= 15 is 0 Å². The number of ether oxygens (including phenoxy) is 2. The van der Waals surface area contributed by atoms with Gasteiger partial charge in [0.05, 0.1) is 17.1 Å². The van der Waals surface area contributed by atoms with Crippen molar-refractivity contribution in [1.82, 2.24) is 0 Å². The van der Waals surface area contributed by atoms with Crippen molar-refractivity contribution in [3.05, 3.63) is 64.0 Å². The number of nitro groups is 1. The SMILES string of the molecule is CC(C)OC(=O)c1ccccc1Oc1ccc([N+](=O)[O-])cc1F. The molecule has 2 rings (SSSR count). The van der Waals surface area contributed by atoms with E-state index in [-0.39, 0.29) is 28.9 Å². The Bertz CT molecular complexity index is 745. The van der Waals surface area contributed by atoms with Crippen molar-refractivity contribution in [1.29, 1.82) is 0 Å². The zero-order valence-electron chi connectivity index (χ0n) is 12.5. The molecule has 2 aromatic rings. The van der Waals surface area contributed by atoms with Gasteiger partial charge in [-0.05, 0) is 32.0 Å². The maximum atomic E-state index is 13.9. The molecule has 6 nitrogen and oxygen atoms in total. The normalized spacial score (nSPS) is 10.4. The van der Waals surface area contributed by atoms with Crippen molar-refractivity contribution in [3.8, 4) is 11.5 Å². The zero-order valence-corrected chi connectivity index (χ0v) is 12.5. The second-order valence-electron chi connectivity index (χ2n) is 4.92. The van der Waals surface area contributed by atoms with Gasteiger partial charge in [-0.15, -0.1) is 0 Å². The number of hydrogen-bond donors (Lipinski definition) is 0. The number of halogens is 1. The van der Waals surface area contributed by atoms with Crippen molar-refractivity contribution in [2.45, 2.75) is 20.0 Å². The van der Waals surface area contributed by atoms with E-state index in [1.54, 1.807) is 26.0 Å². The molecule has 0 saturated carbocycles. The van der Waals surface area contributed by atoms with Gasteiger partial charge < -0.3 is 9.47 Å². The monoisotopic (exact) mass is 319 g/mol. The predicted octanol–water partition coefficient (Wildman–Crippen LogP) is 4.09. The van der Waals surface area contributed by atoms with Gasteiger partial charge in [0.25, 0.3) is 5.69 Å². The quantitative estimate of drug-likeness (QED) is 0.471. The van der Waals surface area contributed by atoms with Crippen LogP contribution in [0.25, 0.3) is 0 Å². The van der Waals surface area contributed by atoms with Crippen LogP contribution < -0.4 is 4.74 Å². The van der Waals surface area contributed by atoms with Gasteiger partial charge >= 0.3 is 5.97 Å². The minimum absolute atomic E-state index is 0.103. The summed E-state index contributed by atoms with van der Waals surface area (Å²) in [6.45, 7) is 3.41. The summed E-state index contributed by atoms with van der Waals surface area (Å²) in [5.41, 5.74) is -0.249. The summed E-state index contributed by atoms with van der Waals surface area (Å²) in [5.74, 6) is -1.62. The first-order valence-corrected chi connectivity index (χ1v) is 6.80. The fourth-order valence-corrected chi connectivity index (χ4v) is 1.81. The molecule has 7 heteroatoms. The number of esters is 1. The van der Waals surface area contributed by atoms with Crippen molar-refractivity contribution in [2.24, 2.45) is 0 Å². The Morgan fingerprint density at radius 2 is 1.87 bits per heavy atom. The summed E-state index contributed by atoms with van der Waals surface area (Å²) in [6, 6.07) is 9.22. The number of hydrogen-bond acceptors (Lipinski definition) is 5. The largest absolute Gasteiger partial charge is 0.459 e. The summed E-state index contributed by atoms with van der Waals surface area (Å²) < 4.78 is 24.4. The molecule has 0 amide bonds. The third-order valence-electron chi connectivity index (χ3n) is 2.80. The van der Waals surface area contributed by atoms with Gasteiger partial charge in [0, 0.05) is 6.07 Å². The molecule has 0 saturated heterocycles. The van der Waals surface area contributed by atoms with E-state index in [4.69, 9.17) is 9.47 Å². The van der Waals surface area contributed by atoms with Crippen LogP contribution in [0.1, 0.15) is 24.2 Å². The van der Waals surface area contributed by atoms with E-state index in [0.29, 0.717) is 0 Å². The van der Waals surface area contributed by atoms with Crippen LogP contribution >= 0.6 is 0 Å². The molecule has 0 aromatic heterocycles. The highest BCUT2D eigenvalue weighted by molar-refractivity contribution is 5.92. The van der Waals surface area contributed by atoms with Gasteiger partial charge in [-0.25, -0.2) is 9.18 Å². The van der Waals surface area contributed by atoms with Crippen molar-refractivity contribution in [2.75, 3.05) is 0 Å². The number of nitrogens with zero attached hydrogens (tertiary/aromatic N) is 1. The smallest absolute Gasteiger partial charge is 0.342 e. The number of rotatable bonds is 5. The summed E-state index contributed by atoms with van der Waals surface area (Å²) in [6.07, 6.45) is -0.313. The summed E-state index contributed by atoms with van der Waals surface area (Å²) >= 11 is 0. The number of carbonyl (C=O) groups excluding carboxylic acids is 1. The number of non-ortho nitro benzene ring substituents is 1. The highest BCUT2D eigenvalue weighted by Crippen LogP contribution is 2.30. The standard InChI is InChI=1S/C16H14FNO5/c1-10(2)22-16(19)12-5-3-4-6-14(12)23-15-8-7-11(18(20)21)9-13(15)17/h3-10H,1-2H3. The summed E-state index contributed by atoms with van der Waals surface area (Å²) in [4.78, 5) is 21.9. The Balaban J connectivity index is 2.30. The summed E-state index contributed by atoms with van der Waals surface area (Å²) in [7, 11) is 0. The van der Waals surface area contributed by atoms with Crippen LogP contribution in [-0.2, 0) is 4.74 Å². The van der Waals surface area contributed by atoms with Gasteiger partial charge in [-0.3, -0.25) is 10.1 Å². The maximum absolute atomic E-state index is 13.9. The minimum atomic E-state index is -0.897. The van der Waals surface area contributed by atoms with E-state index in [0.717, 1.165) is 18.2 Å². The van der Waals surface area contributed by atoms with Crippen LogP contribution in [0.15, 0.2) is 42.5 Å². The molecule has 2 aromatic carbocycles. The molecule has 0 aliphatic rings. The molecular weight excluding hydrogens is 305 g/mol. The molecule has 0 unspecified atom stereocenters. The molecule has 23 heavy (non-hydrogen) atoms. The van der Waals surface area contributed by atoms with E-state index < -0.39 is 16.7 Å². The van der Waals surface area contributed by atoms with E-state index in [9.17, 15) is 19.3 Å². The summed E-state index contributed by atoms with van der Waals surface area (Å²) in [5, 5.41) is 10.6. The second-order valence-corrected chi connectivity index (χ2v) is 4.92. The molecule has 0 bridgehead atoms. The van der Waals surface area contributed by atoms with E-state index in [1.807, 2.05) is 0 Å². The van der Waals surface area contributed by atoms with Gasteiger partial charge in [-0.1, -0.05) is 12.1 Å². The van der Waals surface area contributed by atoms with Crippen LogP contribution in [0.5, 0.6) is 11.5 Å². The second kappa shape index (κ2) is 6.87. The fourth-order valence-electron chi connectivity index (χ4n) is 1.81. The number of nitro benzene ring substituents is 1. The Labute approximate surface area is 131 Å². The molecule has 0 heterocycles. The van der Waals surface area contributed by atoms with E-state index in [2.05, 4.69) is 0 Å². The third-order valence-corrected chi connectivity index (χ3v) is 2.80. The minimum Gasteiger partial charge on any atom is -0.459 e. The Morgan fingerprint density at radius 1 is 1.17 bits per heavy atom. The van der Waals surface area contributed by atoms with Crippen molar-refractivity contribution >= 4 is 11.7 Å². The third kappa shape index (κ3) is 4.03. The lowest BCUT2D eigenvalue weighted by Gasteiger charge is -2.12. The van der Waals surface area contributed by atoms with Crippen LogP contribution in [0, 0.1) is 15.9 Å². The lowest BCUT2D eigenvalue weighted by molar-refractivity contribution is -0.385. The van der Waals surface area contributed by atoms with Gasteiger partial charge in [0.2, 0.25) is 0 Å². The Hall–Kier alpha value is -2.96. The Kier molecular flexibility index (Phi) is 4.90. The average Bonchev–Trinajstić information content (AvgIpc) is 2.49. The lowest BCUT2D eigenvalue weighted by Crippen LogP contribution is -2.12.